The second-order valence-corrected chi connectivity index (χ2v) is 7.95. The smallest absolute Gasteiger partial charge is 0.294 e. The Kier molecular flexibility index (Phi) is 6.20. The van der Waals surface area contributed by atoms with E-state index < -0.39 is 5.91 Å². The molecule has 2 heterocycles. The van der Waals surface area contributed by atoms with Crippen molar-refractivity contribution in [3.8, 4) is 28.6 Å². The number of nitrogens with one attached hydrogen (secondary N) is 1. The average molecular weight is 499 g/mol. The van der Waals surface area contributed by atoms with Crippen LogP contribution >= 0.6 is 0 Å². The number of amides is 1. The van der Waals surface area contributed by atoms with Crippen LogP contribution in [0.3, 0.4) is 0 Å². The Hall–Kier alpha value is -5.26. The molecule has 0 bridgehead atoms. The summed E-state index contributed by atoms with van der Waals surface area (Å²) in [6, 6.07) is 18.1. The summed E-state index contributed by atoms with van der Waals surface area (Å²) in [5.74, 6) is 0.0644. The van der Waals surface area contributed by atoms with Crippen LogP contribution in [0.25, 0.3) is 27.8 Å². The number of ether oxygens (including phenoxy) is 1. The van der Waals surface area contributed by atoms with Gasteiger partial charge in [-0.15, -0.1) is 5.10 Å². The number of hydrogen-bond donors (Lipinski definition) is 3. The molecule has 37 heavy (non-hydrogen) atoms. The molecule has 0 aliphatic heterocycles. The number of hydrogen-bond acceptors (Lipinski definition) is 10. The van der Waals surface area contributed by atoms with Gasteiger partial charge in [-0.3, -0.25) is 4.79 Å². The summed E-state index contributed by atoms with van der Waals surface area (Å²) in [6.07, 6.45) is 0. The second kappa shape index (κ2) is 9.77. The van der Waals surface area contributed by atoms with Crippen molar-refractivity contribution in [1.82, 2.24) is 30.7 Å². The molecule has 1 amide bonds. The molecule has 186 valence electrons. The Bertz CT molecular complexity index is 1640. The van der Waals surface area contributed by atoms with E-state index in [0.29, 0.717) is 34.6 Å². The normalized spacial score (nSPS) is 11.6. The summed E-state index contributed by atoms with van der Waals surface area (Å²) in [5.41, 5.74) is 10.0. The van der Waals surface area contributed by atoms with Gasteiger partial charge < -0.3 is 15.6 Å². The summed E-state index contributed by atoms with van der Waals surface area (Å²) >= 11 is 0. The number of carbonyl (C=O) groups excluding carboxylic acids is 1. The fourth-order valence-electron chi connectivity index (χ4n) is 3.87. The van der Waals surface area contributed by atoms with Gasteiger partial charge in [-0.25, -0.2) is 10.1 Å². The van der Waals surface area contributed by atoms with Gasteiger partial charge in [-0.1, -0.05) is 47.7 Å². The van der Waals surface area contributed by atoms with Crippen LogP contribution in [0.1, 0.15) is 29.9 Å². The van der Waals surface area contributed by atoms with Crippen molar-refractivity contribution >= 4 is 28.2 Å². The first-order valence-electron chi connectivity index (χ1n) is 11.3. The molecule has 2 aromatic heterocycles. The predicted octanol–water partition coefficient (Wildman–Crippen LogP) is 3.31. The topological polar surface area (TPSA) is 167 Å². The molecule has 4 N–H and O–H groups in total. The molecular weight excluding hydrogens is 476 g/mol. The lowest BCUT2D eigenvalue weighted by molar-refractivity contribution is 0.0950. The van der Waals surface area contributed by atoms with Gasteiger partial charge in [0, 0.05) is 16.5 Å². The third-order valence-electron chi connectivity index (χ3n) is 5.62. The lowest BCUT2D eigenvalue weighted by atomic mass is 10.0. The maximum absolute atomic E-state index is 13.2. The number of hydrazone groups is 1. The zero-order valence-corrected chi connectivity index (χ0v) is 19.9. The van der Waals surface area contributed by atoms with E-state index in [4.69, 9.17) is 15.1 Å². The summed E-state index contributed by atoms with van der Waals surface area (Å²) in [7, 11) is 0. The van der Waals surface area contributed by atoms with Gasteiger partial charge in [0.2, 0.25) is 11.6 Å². The van der Waals surface area contributed by atoms with Gasteiger partial charge in [0.15, 0.2) is 5.69 Å². The summed E-state index contributed by atoms with van der Waals surface area (Å²) in [5, 5.41) is 32.0. The first kappa shape index (κ1) is 23.5. The highest BCUT2D eigenvalue weighted by Crippen LogP contribution is 2.30. The van der Waals surface area contributed by atoms with Gasteiger partial charge in [-0.05, 0) is 47.7 Å². The van der Waals surface area contributed by atoms with Gasteiger partial charge in [-0.2, -0.15) is 9.78 Å². The minimum atomic E-state index is -0.641. The van der Waals surface area contributed by atoms with Crippen LogP contribution in [0.4, 0.5) is 5.82 Å². The molecule has 12 nitrogen and oxygen atoms in total. The highest BCUT2D eigenvalue weighted by Gasteiger charge is 2.25. The Labute approximate surface area is 210 Å². The monoisotopic (exact) mass is 498 g/mol. The number of fused-ring (bicyclic) bond motifs is 1. The van der Waals surface area contributed by atoms with Crippen molar-refractivity contribution in [3.05, 3.63) is 71.9 Å². The van der Waals surface area contributed by atoms with E-state index in [1.807, 2.05) is 37.3 Å². The number of anilines is 1. The molecule has 0 saturated carbocycles. The van der Waals surface area contributed by atoms with Crippen molar-refractivity contribution in [1.29, 1.82) is 0 Å². The van der Waals surface area contributed by atoms with Gasteiger partial charge in [0.05, 0.1) is 12.3 Å². The van der Waals surface area contributed by atoms with Gasteiger partial charge in [0.25, 0.3) is 5.91 Å². The molecule has 0 aliphatic rings. The molecule has 0 radical (unpaired) electrons. The Morgan fingerprint density at radius 2 is 2.00 bits per heavy atom. The highest BCUT2D eigenvalue weighted by molar-refractivity contribution is 6.07. The standard InChI is InChI=1S/C25H22N8O4/c1-3-36-17-9-6-8-16(13-17)21-20(28-32-33(21)24-23(26)30-37-31-24)25(35)29-27-14(2)18-12-11-15-7-4-5-10-19(15)22(18)34/h4-13,34H,3H2,1-2H3,(H2,26,30)(H,29,35)/b27-14+. The molecule has 5 aromatic rings. The SMILES string of the molecule is CCOc1cccc(-c2c(C(=O)N/N=C(\C)c3ccc4ccccc4c3O)nnn2-c2nonc2N)c1. The number of nitrogens with two attached hydrogens (primary N) is 1. The van der Waals surface area contributed by atoms with Crippen LogP contribution in [0, 0.1) is 0 Å². The third-order valence-corrected chi connectivity index (χ3v) is 5.62. The Morgan fingerprint density at radius 1 is 1.16 bits per heavy atom. The van der Waals surface area contributed by atoms with Crippen molar-refractivity contribution in [2.24, 2.45) is 5.10 Å². The molecular formula is C25H22N8O4. The van der Waals surface area contributed by atoms with E-state index in [2.05, 4.69) is 31.2 Å². The Balaban J connectivity index is 1.52. The quantitative estimate of drug-likeness (QED) is 0.225. The molecule has 3 aromatic carbocycles. The van der Waals surface area contributed by atoms with Crippen molar-refractivity contribution < 1.29 is 19.3 Å². The number of nitrogen functional groups attached to an aromatic ring is 1. The number of aromatic nitrogens is 5. The second-order valence-electron chi connectivity index (χ2n) is 7.95. The van der Waals surface area contributed by atoms with Crippen molar-refractivity contribution in [2.45, 2.75) is 13.8 Å². The zero-order chi connectivity index (χ0) is 25.9. The Morgan fingerprint density at radius 3 is 2.78 bits per heavy atom. The lowest BCUT2D eigenvalue weighted by Crippen LogP contribution is -2.21. The molecule has 5 rings (SSSR count). The number of benzene rings is 3. The van der Waals surface area contributed by atoms with Gasteiger partial charge in [0.1, 0.15) is 17.2 Å². The van der Waals surface area contributed by atoms with E-state index in [1.54, 1.807) is 37.3 Å². The van der Waals surface area contributed by atoms with E-state index >= 15 is 0 Å². The van der Waals surface area contributed by atoms with Crippen LogP contribution in [0.5, 0.6) is 11.5 Å². The number of carbonyl (C=O) groups is 1. The van der Waals surface area contributed by atoms with Crippen molar-refractivity contribution in [2.75, 3.05) is 12.3 Å². The molecule has 12 heteroatoms. The fraction of sp³-hybridized carbons (Fsp3) is 0.120. The van der Waals surface area contributed by atoms with Crippen LogP contribution in [-0.4, -0.2) is 48.6 Å². The zero-order valence-electron chi connectivity index (χ0n) is 19.9. The molecule has 0 unspecified atom stereocenters. The highest BCUT2D eigenvalue weighted by atomic mass is 16.6. The number of phenols is 1. The minimum absolute atomic E-state index is 0.0280. The van der Waals surface area contributed by atoms with E-state index in [-0.39, 0.29) is 28.8 Å². The van der Waals surface area contributed by atoms with E-state index in [0.717, 1.165) is 5.39 Å². The predicted molar refractivity (Wildman–Crippen MR) is 136 cm³/mol. The average Bonchev–Trinajstić information content (AvgIpc) is 3.54. The maximum Gasteiger partial charge on any atom is 0.294 e. The minimum Gasteiger partial charge on any atom is -0.507 e. The molecule has 0 aliphatic carbocycles. The van der Waals surface area contributed by atoms with Gasteiger partial charge >= 0.3 is 0 Å². The number of phenolic OH excluding ortho intramolecular Hbond substituents is 1. The maximum atomic E-state index is 13.2. The summed E-state index contributed by atoms with van der Waals surface area (Å²) < 4.78 is 11.6. The van der Waals surface area contributed by atoms with Crippen LogP contribution < -0.4 is 15.9 Å². The largest absolute Gasteiger partial charge is 0.507 e. The van der Waals surface area contributed by atoms with Crippen LogP contribution in [0.15, 0.2) is 70.4 Å². The first-order chi connectivity index (χ1) is 18.0. The molecule has 0 spiro atoms. The van der Waals surface area contributed by atoms with Crippen LogP contribution in [0.2, 0.25) is 0 Å². The van der Waals surface area contributed by atoms with Crippen molar-refractivity contribution in [3.63, 3.8) is 0 Å². The number of rotatable bonds is 7. The number of aromatic hydroxyl groups is 1. The molecule has 0 atom stereocenters. The van der Waals surface area contributed by atoms with Crippen LogP contribution in [-0.2, 0) is 0 Å². The lowest BCUT2D eigenvalue weighted by Gasteiger charge is -2.09. The molecule has 0 saturated heterocycles. The summed E-state index contributed by atoms with van der Waals surface area (Å²) in [6.45, 7) is 4.01. The van der Waals surface area contributed by atoms with E-state index in [1.165, 1.54) is 4.68 Å². The fourth-order valence-corrected chi connectivity index (χ4v) is 3.87. The summed E-state index contributed by atoms with van der Waals surface area (Å²) in [4.78, 5) is 13.2. The molecule has 0 fully saturated rings. The first-order valence-corrected chi connectivity index (χ1v) is 11.3. The third kappa shape index (κ3) is 4.43. The van der Waals surface area contributed by atoms with E-state index in [9.17, 15) is 9.90 Å². The number of nitrogens with zero attached hydrogens (tertiary/aromatic N) is 6.